The smallest absolute Gasteiger partial charge is 0.246 e. The first-order chi connectivity index (χ1) is 15.6. The van der Waals surface area contributed by atoms with E-state index in [1.165, 1.54) is 89.9 Å². The van der Waals surface area contributed by atoms with E-state index in [-0.39, 0.29) is 35.6 Å². The Morgan fingerprint density at radius 1 is 0.625 bits per heavy atom. The van der Waals surface area contributed by atoms with Crippen molar-refractivity contribution in [1.82, 2.24) is 10.6 Å². The Morgan fingerprint density at radius 3 is 1.59 bits per heavy atom. The van der Waals surface area contributed by atoms with Gasteiger partial charge in [0, 0.05) is 17.5 Å². The number of nitrogens with one attached hydrogen (secondary N) is 2. The monoisotopic (exact) mass is 446 g/mol. The Hall–Kier alpha value is -1.10. The predicted molar refractivity (Wildman–Crippen MR) is 127 cm³/mol. The number of amides is 2. The maximum Gasteiger partial charge on any atom is 0.246 e. The summed E-state index contributed by atoms with van der Waals surface area (Å²) in [6.45, 7) is 0.188. The summed E-state index contributed by atoms with van der Waals surface area (Å²) in [6.07, 6.45) is 23.9. The molecule has 0 radical (unpaired) electrons. The fraction of sp³-hybridized carbons (Fsp3) is 0.926. The van der Waals surface area contributed by atoms with E-state index in [1.807, 2.05) is 0 Å². The second kappa shape index (κ2) is 11.4. The second-order valence-electron chi connectivity index (χ2n) is 11.6. The number of hydrogen-bond donors (Lipinski definition) is 2. The van der Waals surface area contributed by atoms with Crippen molar-refractivity contribution in [3.8, 4) is 0 Å². The van der Waals surface area contributed by atoms with E-state index in [0.29, 0.717) is 12.3 Å². The molecule has 0 aromatic rings. The van der Waals surface area contributed by atoms with Crippen molar-refractivity contribution in [2.45, 2.75) is 146 Å². The van der Waals surface area contributed by atoms with Gasteiger partial charge in [0.05, 0.1) is 6.10 Å². The van der Waals surface area contributed by atoms with Crippen molar-refractivity contribution in [3.63, 3.8) is 0 Å². The van der Waals surface area contributed by atoms with Gasteiger partial charge in [0.15, 0.2) is 0 Å². The normalized spacial score (nSPS) is 32.5. The molecule has 32 heavy (non-hydrogen) atoms. The minimum atomic E-state index is -0.0791. The van der Waals surface area contributed by atoms with Crippen LogP contribution in [0.3, 0.4) is 0 Å². The Kier molecular flexibility index (Phi) is 8.53. The molecular weight excluding hydrogens is 400 g/mol. The van der Waals surface area contributed by atoms with Crippen LogP contribution < -0.4 is 10.6 Å². The first kappa shape index (κ1) is 24.0. The summed E-state index contributed by atoms with van der Waals surface area (Å²) in [5, 5.41) is 6.56. The first-order valence-corrected chi connectivity index (χ1v) is 13.8. The molecule has 5 aliphatic rings. The fourth-order valence-corrected chi connectivity index (χ4v) is 6.87. The van der Waals surface area contributed by atoms with E-state index in [0.717, 1.165) is 32.1 Å². The highest BCUT2D eigenvalue weighted by atomic mass is 16.5. The zero-order valence-electron chi connectivity index (χ0n) is 20.2. The van der Waals surface area contributed by atoms with Gasteiger partial charge in [-0.05, 0) is 50.9 Å². The second-order valence-corrected chi connectivity index (χ2v) is 11.6. The molecule has 0 aliphatic heterocycles. The standard InChI is InChI=1S/C27H46N2O3/c30-24(17-22-13-9-5-1-2-6-10-14-22)28-26-19-27(20-26,21-26)29-25(31)18-32-23-15-11-7-3-4-8-12-16-23/h22-23H,1-21H2,(H,28,30)(H,29,31). The van der Waals surface area contributed by atoms with Crippen LogP contribution in [0.4, 0.5) is 0 Å². The minimum Gasteiger partial charge on any atom is -0.368 e. The maximum atomic E-state index is 12.7. The summed E-state index contributed by atoms with van der Waals surface area (Å²) in [6, 6.07) is 0. The molecule has 0 heterocycles. The number of hydrogen-bond acceptors (Lipinski definition) is 3. The van der Waals surface area contributed by atoms with Gasteiger partial charge >= 0.3 is 0 Å². The molecule has 0 saturated heterocycles. The summed E-state index contributed by atoms with van der Waals surface area (Å²) < 4.78 is 5.99. The molecule has 5 saturated carbocycles. The molecule has 0 spiro atoms. The third-order valence-electron chi connectivity index (χ3n) is 8.54. The Morgan fingerprint density at radius 2 is 1.06 bits per heavy atom. The van der Waals surface area contributed by atoms with Crippen LogP contribution in [0.25, 0.3) is 0 Å². The zero-order valence-corrected chi connectivity index (χ0v) is 20.2. The summed E-state index contributed by atoms with van der Waals surface area (Å²) in [5.74, 6) is 0.816. The highest BCUT2D eigenvalue weighted by Gasteiger charge is 2.69. The van der Waals surface area contributed by atoms with Gasteiger partial charge in [0.2, 0.25) is 11.8 Å². The lowest BCUT2D eigenvalue weighted by Crippen LogP contribution is -2.84. The van der Waals surface area contributed by atoms with E-state index in [2.05, 4.69) is 10.6 Å². The highest BCUT2D eigenvalue weighted by molar-refractivity contribution is 5.80. The van der Waals surface area contributed by atoms with Crippen molar-refractivity contribution in [2.24, 2.45) is 5.92 Å². The number of carbonyl (C=O) groups excluding carboxylic acids is 2. The van der Waals surface area contributed by atoms with E-state index < -0.39 is 0 Å². The number of ether oxygens (including phenoxy) is 1. The van der Waals surface area contributed by atoms with Gasteiger partial charge in [0.1, 0.15) is 6.61 Å². The van der Waals surface area contributed by atoms with Gasteiger partial charge in [0.25, 0.3) is 0 Å². The minimum absolute atomic E-state index is 0.0232. The van der Waals surface area contributed by atoms with Gasteiger partial charge < -0.3 is 15.4 Å². The molecule has 0 aromatic carbocycles. The molecule has 0 unspecified atom stereocenters. The number of rotatable bonds is 7. The van der Waals surface area contributed by atoms with E-state index >= 15 is 0 Å². The SMILES string of the molecule is O=C(COC1CCCCCCCC1)NC12CC(NC(=O)CC3CCCCCCCC3)(C1)C2. The van der Waals surface area contributed by atoms with Gasteiger partial charge in [-0.3, -0.25) is 9.59 Å². The average Bonchev–Trinajstić information content (AvgIpc) is 2.93. The third kappa shape index (κ3) is 6.71. The van der Waals surface area contributed by atoms with Crippen molar-refractivity contribution in [1.29, 1.82) is 0 Å². The molecule has 5 fully saturated rings. The van der Waals surface area contributed by atoms with Crippen molar-refractivity contribution >= 4 is 11.8 Å². The maximum absolute atomic E-state index is 12.7. The molecular formula is C27H46N2O3. The Bertz CT molecular complexity index is 595. The van der Waals surface area contributed by atoms with Gasteiger partial charge in [-0.25, -0.2) is 0 Å². The van der Waals surface area contributed by atoms with Gasteiger partial charge in [-0.1, -0.05) is 77.0 Å². The Balaban J connectivity index is 1.12. The van der Waals surface area contributed by atoms with Crippen LogP contribution in [-0.4, -0.2) is 35.6 Å². The quantitative estimate of drug-likeness (QED) is 0.538. The van der Waals surface area contributed by atoms with Crippen molar-refractivity contribution in [2.75, 3.05) is 6.61 Å². The van der Waals surface area contributed by atoms with Gasteiger partial charge in [-0.2, -0.15) is 0 Å². The largest absolute Gasteiger partial charge is 0.368 e. The van der Waals surface area contributed by atoms with Crippen LogP contribution in [0.15, 0.2) is 0 Å². The van der Waals surface area contributed by atoms with Crippen LogP contribution in [0.5, 0.6) is 0 Å². The molecule has 5 rings (SSSR count). The molecule has 5 heteroatoms. The lowest BCUT2D eigenvalue weighted by Gasteiger charge is -2.70. The Labute approximate surface area is 195 Å². The molecule has 5 nitrogen and oxygen atoms in total. The lowest BCUT2D eigenvalue weighted by atomic mass is 9.44. The molecule has 2 N–H and O–H groups in total. The van der Waals surface area contributed by atoms with Crippen LogP contribution in [0.2, 0.25) is 0 Å². The van der Waals surface area contributed by atoms with E-state index in [9.17, 15) is 9.59 Å². The summed E-state index contributed by atoms with van der Waals surface area (Å²) in [7, 11) is 0. The van der Waals surface area contributed by atoms with Gasteiger partial charge in [-0.15, -0.1) is 0 Å². The molecule has 5 aliphatic carbocycles. The van der Waals surface area contributed by atoms with Crippen LogP contribution in [0.1, 0.15) is 128 Å². The topological polar surface area (TPSA) is 67.4 Å². The van der Waals surface area contributed by atoms with E-state index in [1.54, 1.807) is 0 Å². The third-order valence-corrected chi connectivity index (χ3v) is 8.54. The van der Waals surface area contributed by atoms with Crippen LogP contribution in [-0.2, 0) is 14.3 Å². The summed E-state index contributed by atoms with van der Waals surface area (Å²) >= 11 is 0. The molecule has 0 aromatic heterocycles. The fourth-order valence-electron chi connectivity index (χ4n) is 6.87. The average molecular weight is 447 g/mol. The van der Waals surface area contributed by atoms with Crippen molar-refractivity contribution in [3.05, 3.63) is 0 Å². The predicted octanol–water partition coefficient (Wildman–Crippen LogP) is 5.55. The molecule has 2 amide bonds. The summed E-state index contributed by atoms with van der Waals surface area (Å²) in [5.41, 5.74) is -0.119. The first-order valence-electron chi connectivity index (χ1n) is 13.8. The van der Waals surface area contributed by atoms with E-state index in [4.69, 9.17) is 4.74 Å². The molecule has 0 atom stereocenters. The molecule has 182 valence electrons. The highest BCUT2D eigenvalue weighted by Crippen LogP contribution is 2.60. The lowest BCUT2D eigenvalue weighted by molar-refractivity contribution is -0.153. The van der Waals surface area contributed by atoms with Crippen molar-refractivity contribution < 1.29 is 14.3 Å². The zero-order chi connectivity index (χ0) is 22.3. The number of carbonyl (C=O) groups is 2. The van der Waals surface area contributed by atoms with Crippen LogP contribution in [0, 0.1) is 5.92 Å². The summed E-state index contributed by atoms with van der Waals surface area (Å²) in [4.78, 5) is 25.2. The molecule has 2 bridgehead atoms. The van der Waals surface area contributed by atoms with Crippen LogP contribution >= 0.6 is 0 Å².